The Balaban J connectivity index is 1.92. The van der Waals surface area contributed by atoms with Crippen LogP contribution in [0.1, 0.15) is 18.9 Å². The van der Waals surface area contributed by atoms with Crippen LogP contribution in [0.3, 0.4) is 0 Å². The van der Waals surface area contributed by atoms with Crippen LogP contribution in [-0.4, -0.2) is 31.1 Å². The molecule has 0 saturated carbocycles. The summed E-state index contributed by atoms with van der Waals surface area (Å²) in [6, 6.07) is 13.0. The Labute approximate surface area is 126 Å². The molecule has 3 rings (SSSR count). The molecule has 0 radical (unpaired) electrons. The van der Waals surface area contributed by atoms with Crippen molar-refractivity contribution in [1.82, 2.24) is 4.90 Å². The molecule has 3 heteroatoms. The van der Waals surface area contributed by atoms with Crippen molar-refractivity contribution in [3.63, 3.8) is 0 Å². The molecule has 2 atom stereocenters. The maximum Gasteiger partial charge on any atom is 0.123 e. The molecule has 2 aromatic rings. The number of piperidine rings is 1. The van der Waals surface area contributed by atoms with Gasteiger partial charge in [0.1, 0.15) is 5.75 Å². The number of ether oxygens (including phenoxy) is 1. The van der Waals surface area contributed by atoms with Crippen molar-refractivity contribution in [2.75, 3.05) is 20.2 Å². The zero-order valence-corrected chi connectivity index (χ0v) is 12.9. The Morgan fingerprint density at radius 1 is 1.24 bits per heavy atom. The van der Waals surface area contributed by atoms with Crippen LogP contribution in [0.5, 0.6) is 5.75 Å². The Morgan fingerprint density at radius 2 is 2.05 bits per heavy atom. The molecule has 3 nitrogen and oxygen atoms in total. The predicted molar refractivity (Wildman–Crippen MR) is 87.5 cm³/mol. The first-order chi connectivity index (χ1) is 10.2. The molecule has 112 valence electrons. The molecule has 0 aromatic heterocycles. The van der Waals surface area contributed by atoms with Crippen molar-refractivity contribution < 1.29 is 4.74 Å². The lowest BCUT2D eigenvalue weighted by molar-refractivity contribution is 0.161. The van der Waals surface area contributed by atoms with E-state index in [-0.39, 0.29) is 6.04 Å². The van der Waals surface area contributed by atoms with Gasteiger partial charge in [0.25, 0.3) is 0 Å². The highest BCUT2D eigenvalue weighted by atomic mass is 16.5. The van der Waals surface area contributed by atoms with E-state index in [9.17, 15) is 0 Å². The Hall–Kier alpha value is -1.58. The van der Waals surface area contributed by atoms with Gasteiger partial charge in [0.2, 0.25) is 0 Å². The highest BCUT2D eigenvalue weighted by Gasteiger charge is 2.24. The number of nitrogens with two attached hydrogens (primary N) is 1. The first-order valence-corrected chi connectivity index (χ1v) is 7.71. The van der Waals surface area contributed by atoms with Gasteiger partial charge in [-0.05, 0) is 35.7 Å². The summed E-state index contributed by atoms with van der Waals surface area (Å²) < 4.78 is 5.59. The molecule has 0 spiro atoms. The van der Waals surface area contributed by atoms with Crippen molar-refractivity contribution in [3.8, 4) is 5.75 Å². The van der Waals surface area contributed by atoms with Crippen molar-refractivity contribution >= 4 is 10.8 Å². The summed E-state index contributed by atoms with van der Waals surface area (Å²) in [7, 11) is 1.75. The number of likely N-dealkylation sites (tertiary alicyclic amines) is 1. The summed E-state index contributed by atoms with van der Waals surface area (Å²) in [5, 5.41) is 2.55. The Kier molecular flexibility index (Phi) is 4.13. The molecule has 2 unspecified atom stereocenters. The van der Waals surface area contributed by atoms with Crippen LogP contribution in [0.4, 0.5) is 0 Å². The maximum absolute atomic E-state index is 6.23. The smallest absolute Gasteiger partial charge is 0.123 e. The van der Waals surface area contributed by atoms with Gasteiger partial charge in [0, 0.05) is 24.7 Å². The number of fused-ring (bicyclic) bond motifs is 1. The van der Waals surface area contributed by atoms with E-state index in [4.69, 9.17) is 10.5 Å². The number of nitrogens with zero attached hydrogens (tertiary/aromatic N) is 1. The van der Waals surface area contributed by atoms with Crippen molar-refractivity contribution in [2.45, 2.75) is 25.9 Å². The van der Waals surface area contributed by atoms with Crippen LogP contribution in [-0.2, 0) is 6.54 Å². The molecule has 1 aliphatic heterocycles. The molecule has 0 bridgehead atoms. The van der Waals surface area contributed by atoms with Crippen LogP contribution < -0.4 is 10.5 Å². The van der Waals surface area contributed by atoms with Gasteiger partial charge in [0.15, 0.2) is 0 Å². The lowest BCUT2D eigenvalue weighted by Crippen LogP contribution is -2.47. The summed E-state index contributed by atoms with van der Waals surface area (Å²) in [5.41, 5.74) is 7.51. The minimum atomic E-state index is 0.278. The SMILES string of the molecule is COc1ccc2ccccc2c1CN1CCC(C)C(N)C1. The molecular formula is C18H24N2O. The molecule has 1 saturated heterocycles. The molecule has 1 fully saturated rings. The Bertz CT molecular complexity index is 626. The fourth-order valence-electron chi connectivity index (χ4n) is 3.21. The van der Waals surface area contributed by atoms with Gasteiger partial charge in [-0.1, -0.05) is 37.3 Å². The second-order valence-corrected chi connectivity index (χ2v) is 6.13. The summed E-state index contributed by atoms with van der Waals surface area (Å²) >= 11 is 0. The second-order valence-electron chi connectivity index (χ2n) is 6.13. The molecule has 1 aliphatic rings. The number of benzene rings is 2. The van der Waals surface area contributed by atoms with Crippen molar-refractivity contribution in [3.05, 3.63) is 42.0 Å². The fourth-order valence-corrected chi connectivity index (χ4v) is 3.21. The zero-order chi connectivity index (χ0) is 14.8. The van der Waals surface area contributed by atoms with Crippen LogP contribution in [0.15, 0.2) is 36.4 Å². The molecule has 0 amide bonds. The van der Waals surface area contributed by atoms with Gasteiger partial charge in [-0.3, -0.25) is 4.90 Å². The molecule has 1 heterocycles. The largest absolute Gasteiger partial charge is 0.496 e. The summed E-state index contributed by atoms with van der Waals surface area (Å²) in [4.78, 5) is 2.45. The number of hydrogen-bond donors (Lipinski definition) is 1. The molecule has 2 aromatic carbocycles. The summed E-state index contributed by atoms with van der Waals surface area (Å²) in [6.45, 7) is 5.24. The minimum absolute atomic E-state index is 0.278. The van der Waals surface area contributed by atoms with E-state index in [1.807, 2.05) is 0 Å². The van der Waals surface area contributed by atoms with Gasteiger partial charge in [0.05, 0.1) is 7.11 Å². The third-order valence-electron chi connectivity index (χ3n) is 4.70. The molecule has 2 N–H and O–H groups in total. The monoisotopic (exact) mass is 284 g/mol. The van der Waals surface area contributed by atoms with E-state index in [1.165, 1.54) is 22.8 Å². The lowest BCUT2D eigenvalue weighted by atomic mass is 9.93. The number of hydrogen-bond acceptors (Lipinski definition) is 3. The topological polar surface area (TPSA) is 38.5 Å². The average Bonchev–Trinajstić information content (AvgIpc) is 2.51. The first kappa shape index (κ1) is 14.4. The van der Waals surface area contributed by atoms with Gasteiger partial charge in [-0.25, -0.2) is 0 Å². The van der Waals surface area contributed by atoms with Crippen LogP contribution in [0, 0.1) is 5.92 Å². The summed E-state index contributed by atoms with van der Waals surface area (Å²) in [6.07, 6.45) is 1.17. The standard InChI is InChI=1S/C18H24N2O/c1-13-9-10-20(12-17(13)19)11-16-15-6-4-3-5-14(15)7-8-18(16)21-2/h3-8,13,17H,9-12,19H2,1-2H3. The summed E-state index contributed by atoms with van der Waals surface area (Å²) in [5.74, 6) is 1.59. The highest BCUT2D eigenvalue weighted by molar-refractivity contribution is 5.87. The number of rotatable bonds is 3. The quantitative estimate of drug-likeness (QED) is 0.941. The third-order valence-corrected chi connectivity index (χ3v) is 4.70. The molecular weight excluding hydrogens is 260 g/mol. The second kappa shape index (κ2) is 6.04. The van der Waals surface area contributed by atoms with E-state index in [1.54, 1.807) is 7.11 Å². The first-order valence-electron chi connectivity index (χ1n) is 7.71. The van der Waals surface area contributed by atoms with Crippen molar-refractivity contribution in [1.29, 1.82) is 0 Å². The third kappa shape index (κ3) is 2.89. The highest BCUT2D eigenvalue weighted by Crippen LogP contribution is 2.30. The van der Waals surface area contributed by atoms with E-state index in [0.717, 1.165) is 25.4 Å². The van der Waals surface area contributed by atoms with Crippen LogP contribution in [0.25, 0.3) is 10.8 Å². The number of methoxy groups -OCH3 is 1. The van der Waals surface area contributed by atoms with E-state index >= 15 is 0 Å². The normalized spacial score (nSPS) is 23.4. The van der Waals surface area contributed by atoms with Gasteiger partial charge >= 0.3 is 0 Å². The zero-order valence-electron chi connectivity index (χ0n) is 12.9. The Morgan fingerprint density at radius 3 is 2.81 bits per heavy atom. The van der Waals surface area contributed by atoms with Crippen LogP contribution >= 0.6 is 0 Å². The van der Waals surface area contributed by atoms with Gasteiger partial charge < -0.3 is 10.5 Å². The molecule has 21 heavy (non-hydrogen) atoms. The lowest BCUT2D eigenvalue weighted by Gasteiger charge is -2.35. The van der Waals surface area contributed by atoms with E-state index in [0.29, 0.717) is 5.92 Å². The van der Waals surface area contributed by atoms with E-state index < -0.39 is 0 Å². The van der Waals surface area contributed by atoms with Gasteiger partial charge in [-0.2, -0.15) is 0 Å². The van der Waals surface area contributed by atoms with E-state index in [2.05, 4.69) is 48.2 Å². The fraction of sp³-hybridized carbons (Fsp3) is 0.444. The molecule has 0 aliphatic carbocycles. The minimum Gasteiger partial charge on any atom is -0.496 e. The van der Waals surface area contributed by atoms with Gasteiger partial charge in [-0.15, -0.1) is 0 Å². The van der Waals surface area contributed by atoms with Crippen LogP contribution in [0.2, 0.25) is 0 Å². The average molecular weight is 284 g/mol. The van der Waals surface area contributed by atoms with Crippen molar-refractivity contribution in [2.24, 2.45) is 11.7 Å². The maximum atomic E-state index is 6.23. The predicted octanol–water partition coefficient (Wildman–Crippen LogP) is 3.02.